The van der Waals surface area contributed by atoms with Crippen molar-refractivity contribution >= 4 is 0 Å². The van der Waals surface area contributed by atoms with Gasteiger partial charge in [-0.15, -0.1) is 0 Å². The van der Waals surface area contributed by atoms with E-state index in [-0.39, 0.29) is 5.41 Å². The van der Waals surface area contributed by atoms with Gasteiger partial charge < -0.3 is 9.47 Å². The third-order valence-electron chi connectivity index (χ3n) is 4.53. The predicted molar refractivity (Wildman–Crippen MR) is 63.0 cm³/mol. The Morgan fingerprint density at radius 2 is 1.67 bits per heavy atom. The van der Waals surface area contributed by atoms with Crippen LogP contribution in [-0.2, 0) is 9.47 Å². The molecule has 0 amide bonds. The van der Waals surface area contributed by atoms with Gasteiger partial charge in [0.2, 0.25) is 0 Å². The summed E-state index contributed by atoms with van der Waals surface area (Å²) in [5.41, 5.74) is 0.505. The Morgan fingerprint density at radius 3 is 2.07 bits per heavy atom. The summed E-state index contributed by atoms with van der Waals surface area (Å²) in [4.78, 5) is 0. The molecule has 15 heavy (non-hydrogen) atoms. The summed E-state index contributed by atoms with van der Waals surface area (Å²) >= 11 is 0. The summed E-state index contributed by atoms with van der Waals surface area (Å²) in [6.45, 7) is 8.70. The second-order valence-electron chi connectivity index (χ2n) is 5.70. The molecule has 0 saturated heterocycles. The van der Waals surface area contributed by atoms with E-state index in [9.17, 15) is 0 Å². The van der Waals surface area contributed by atoms with Crippen LogP contribution in [0, 0.1) is 16.7 Å². The highest BCUT2D eigenvalue weighted by Gasteiger charge is 2.50. The SMILES string of the molecule is COCC1(COC)C(C)CCCC1(C)C. The lowest BCUT2D eigenvalue weighted by atomic mass is 9.54. The Hall–Kier alpha value is -0.0800. The number of ether oxygens (including phenoxy) is 2. The van der Waals surface area contributed by atoms with Gasteiger partial charge in [-0.1, -0.05) is 27.2 Å². The summed E-state index contributed by atoms with van der Waals surface area (Å²) in [5.74, 6) is 0.682. The van der Waals surface area contributed by atoms with Crippen molar-refractivity contribution in [2.75, 3.05) is 27.4 Å². The van der Waals surface area contributed by atoms with Gasteiger partial charge in [-0.05, 0) is 24.2 Å². The zero-order valence-corrected chi connectivity index (χ0v) is 10.9. The van der Waals surface area contributed by atoms with Gasteiger partial charge in [0.05, 0.1) is 13.2 Å². The van der Waals surface area contributed by atoms with Gasteiger partial charge in [0, 0.05) is 19.6 Å². The maximum atomic E-state index is 5.46. The highest BCUT2D eigenvalue weighted by atomic mass is 16.5. The maximum Gasteiger partial charge on any atom is 0.0548 e. The first-order chi connectivity index (χ1) is 7.00. The second-order valence-corrected chi connectivity index (χ2v) is 5.70. The molecule has 0 radical (unpaired) electrons. The zero-order chi connectivity index (χ0) is 11.5. The van der Waals surface area contributed by atoms with Crippen LogP contribution in [0.5, 0.6) is 0 Å². The molecule has 0 aromatic rings. The van der Waals surface area contributed by atoms with Crippen LogP contribution in [0.4, 0.5) is 0 Å². The van der Waals surface area contributed by atoms with Gasteiger partial charge in [-0.2, -0.15) is 0 Å². The molecule has 1 rings (SSSR count). The molecule has 1 saturated carbocycles. The van der Waals surface area contributed by atoms with Crippen LogP contribution in [0.1, 0.15) is 40.0 Å². The smallest absolute Gasteiger partial charge is 0.0548 e. The lowest BCUT2D eigenvalue weighted by Gasteiger charge is -2.53. The van der Waals surface area contributed by atoms with E-state index in [1.54, 1.807) is 14.2 Å². The minimum absolute atomic E-state index is 0.189. The lowest BCUT2D eigenvalue weighted by molar-refractivity contribution is -0.125. The Balaban J connectivity index is 2.95. The Kier molecular flexibility index (Phi) is 4.19. The first-order valence-corrected chi connectivity index (χ1v) is 5.98. The van der Waals surface area contributed by atoms with Gasteiger partial charge in [-0.25, -0.2) is 0 Å². The molecule has 0 aromatic heterocycles. The molecule has 1 fully saturated rings. The van der Waals surface area contributed by atoms with Gasteiger partial charge in [0.25, 0.3) is 0 Å². The van der Waals surface area contributed by atoms with E-state index in [2.05, 4.69) is 20.8 Å². The normalized spacial score (nSPS) is 29.0. The molecule has 0 N–H and O–H groups in total. The predicted octanol–water partition coefficient (Wildman–Crippen LogP) is 3.11. The lowest BCUT2D eigenvalue weighted by Crippen LogP contribution is -2.52. The summed E-state index contributed by atoms with van der Waals surface area (Å²) in [5, 5.41) is 0. The highest BCUT2D eigenvalue weighted by molar-refractivity contribution is 4.99. The zero-order valence-electron chi connectivity index (χ0n) is 10.9. The molecule has 0 aliphatic heterocycles. The molecule has 1 atom stereocenters. The first kappa shape index (κ1) is 13.0. The molecule has 1 aliphatic carbocycles. The molecular formula is C13H26O2. The average Bonchev–Trinajstić information content (AvgIpc) is 2.14. The van der Waals surface area contributed by atoms with Crippen LogP contribution < -0.4 is 0 Å². The molecule has 2 heteroatoms. The fraction of sp³-hybridized carbons (Fsp3) is 1.00. The standard InChI is InChI=1S/C13H26O2/c1-11-7-6-8-12(2,3)13(11,9-14-4)10-15-5/h11H,6-10H2,1-5H3. The number of methoxy groups -OCH3 is 2. The number of rotatable bonds is 4. The second kappa shape index (κ2) is 4.84. The molecular weight excluding hydrogens is 188 g/mol. The van der Waals surface area contributed by atoms with E-state index in [1.807, 2.05) is 0 Å². The minimum atomic E-state index is 0.189. The van der Waals surface area contributed by atoms with Crippen LogP contribution in [0.25, 0.3) is 0 Å². The molecule has 0 bridgehead atoms. The fourth-order valence-electron chi connectivity index (χ4n) is 3.27. The van der Waals surface area contributed by atoms with E-state index < -0.39 is 0 Å². The first-order valence-electron chi connectivity index (χ1n) is 5.98. The summed E-state index contributed by atoms with van der Waals surface area (Å²) in [7, 11) is 3.60. The van der Waals surface area contributed by atoms with E-state index >= 15 is 0 Å². The van der Waals surface area contributed by atoms with Crippen LogP contribution in [-0.4, -0.2) is 27.4 Å². The van der Waals surface area contributed by atoms with E-state index in [0.29, 0.717) is 11.3 Å². The number of hydrogen-bond acceptors (Lipinski definition) is 2. The summed E-state index contributed by atoms with van der Waals surface area (Å²) < 4.78 is 10.9. The fourth-order valence-corrected chi connectivity index (χ4v) is 3.27. The van der Waals surface area contributed by atoms with Crippen LogP contribution >= 0.6 is 0 Å². The largest absolute Gasteiger partial charge is 0.384 e. The molecule has 2 nitrogen and oxygen atoms in total. The monoisotopic (exact) mass is 214 g/mol. The molecule has 1 aliphatic rings. The van der Waals surface area contributed by atoms with Gasteiger partial charge in [0.1, 0.15) is 0 Å². The van der Waals surface area contributed by atoms with Gasteiger partial charge in [-0.3, -0.25) is 0 Å². The van der Waals surface area contributed by atoms with Crippen molar-refractivity contribution in [3.8, 4) is 0 Å². The van der Waals surface area contributed by atoms with Crippen molar-refractivity contribution in [1.82, 2.24) is 0 Å². The van der Waals surface area contributed by atoms with Crippen molar-refractivity contribution in [3.63, 3.8) is 0 Å². The van der Waals surface area contributed by atoms with E-state index in [4.69, 9.17) is 9.47 Å². The number of hydrogen-bond donors (Lipinski definition) is 0. The van der Waals surface area contributed by atoms with Crippen molar-refractivity contribution < 1.29 is 9.47 Å². The minimum Gasteiger partial charge on any atom is -0.384 e. The van der Waals surface area contributed by atoms with E-state index in [1.165, 1.54) is 19.3 Å². The molecule has 0 aromatic carbocycles. The Morgan fingerprint density at radius 1 is 1.13 bits per heavy atom. The van der Waals surface area contributed by atoms with Gasteiger partial charge >= 0.3 is 0 Å². The molecule has 0 heterocycles. The average molecular weight is 214 g/mol. The Bertz CT molecular complexity index is 193. The van der Waals surface area contributed by atoms with Crippen LogP contribution in [0.3, 0.4) is 0 Å². The quantitative estimate of drug-likeness (QED) is 0.716. The maximum absolute atomic E-state index is 5.46. The van der Waals surface area contributed by atoms with Crippen LogP contribution in [0.2, 0.25) is 0 Å². The third kappa shape index (κ3) is 2.21. The topological polar surface area (TPSA) is 18.5 Å². The third-order valence-corrected chi connectivity index (χ3v) is 4.53. The molecule has 1 unspecified atom stereocenters. The van der Waals surface area contributed by atoms with E-state index in [0.717, 1.165) is 13.2 Å². The highest BCUT2D eigenvalue weighted by Crippen LogP contribution is 2.53. The van der Waals surface area contributed by atoms with Gasteiger partial charge in [0.15, 0.2) is 0 Å². The van der Waals surface area contributed by atoms with Crippen LogP contribution in [0.15, 0.2) is 0 Å². The molecule has 0 spiro atoms. The Labute approximate surface area is 94.3 Å². The van der Waals surface area contributed by atoms with Crippen molar-refractivity contribution in [2.24, 2.45) is 16.7 Å². The van der Waals surface area contributed by atoms with Crippen molar-refractivity contribution in [3.05, 3.63) is 0 Å². The van der Waals surface area contributed by atoms with Crippen molar-refractivity contribution in [2.45, 2.75) is 40.0 Å². The summed E-state index contributed by atoms with van der Waals surface area (Å²) in [6, 6.07) is 0. The van der Waals surface area contributed by atoms with Crippen molar-refractivity contribution in [1.29, 1.82) is 0 Å². The molecule has 90 valence electrons. The summed E-state index contributed by atoms with van der Waals surface area (Å²) in [6.07, 6.45) is 3.92.